The average Bonchev–Trinajstić information content (AvgIpc) is 2.56. The molecule has 1 atom stereocenters. The Balaban J connectivity index is 1.97. The summed E-state index contributed by atoms with van der Waals surface area (Å²) in [7, 11) is -3.61. The van der Waals surface area contributed by atoms with E-state index in [1.165, 1.54) is 4.31 Å². The fourth-order valence-corrected chi connectivity index (χ4v) is 4.48. The van der Waals surface area contributed by atoms with E-state index in [0.717, 1.165) is 11.1 Å². The summed E-state index contributed by atoms with van der Waals surface area (Å²) in [6.45, 7) is 4.15. The van der Waals surface area contributed by atoms with Gasteiger partial charge in [0.25, 0.3) is 10.0 Å². The van der Waals surface area contributed by atoms with Crippen LogP contribution in [0.1, 0.15) is 18.1 Å². The summed E-state index contributed by atoms with van der Waals surface area (Å²) in [4.78, 5) is 0.306. The highest BCUT2D eigenvalue weighted by molar-refractivity contribution is 7.89. The summed E-state index contributed by atoms with van der Waals surface area (Å²) in [6, 6.07) is 16.5. The van der Waals surface area contributed by atoms with Gasteiger partial charge in [0.1, 0.15) is 12.9 Å². The Bertz CT molecular complexity index is 827. The Morgan fingerprint density at radius 1 is 1.08 bits per heavy atom. The first-order chi connectivity index (χ1) is 11.5. The second-order valence-corrected chi connectivity index (χ2v) is 7.88. The summed E-state index contributed by atoms with van der Waals surface area (Å²) in [5.41, 5.74) is 2.73. The van der Waals surface area contributed by atoms with E-state index in [4.69, 9.17) is 4.74 Å². The fourth-order valence-electron chi connectivity index (χ4n) is 2.83. The number of benzene rings is 2. The number of ether oxygens (including phenoxy) is 1. The number of hydrogen-bond donors (Lipinski definition) is 0. The minimum Gasteiger partial charge on any atom is -0.497 e. The van der Waals surface area contributed by atoms with Gasteiger partial charge in [0, 0.05) is 6.42 Å². The molecule has 2 aromatic carbocycles. The molecule has 0 saturated heterocycles. The lowest BCUT2D eigenvalue weighted by atomic mass is 10.1. The zero-order valence-corrected chi connectivity index (χ0v) is 14.7. The van der Waals surface area contributed by atoms with Gasteiger partial charge >= 0.3 is 0 Å². The van der Waals surface area contributed by atoms with Gasteiger partial charge in [0.2, 0.25) is 0 Å². The van der Waals surface area contributed by atoms with Crippen LogP contribution in [-0.2, 0) is 21.2 Å². The molecule has 1 heterocycles. The van der Waals surface area contributed by atoms with Crippen molar-refractivity contribution in [1.82, 2.24) is 4.31 Å². The third kappa shape index (κ3) is 3.31. The summed E-state index contributed by atoms with van der Waals surface area (Å²) in [6.07, 6.45) is 2.08. The maximum Gasteiger partial charge on any atom is 0.264 e. The molecular formula is C19H21NO3S. The molecule has 126 valence electrons. The molecule has 0 aromatic heterocycles. The number of nitrogens with zero attached hydrogens (tertiary/aromatic N) is 1. The Labute approximate surface area is 143 Å². The Morgan fingerprint density at radius 2 is 1.75 bits per heavy atom. The zero-order valence-electron chi connectivity index (χ0n) is 13.8. The molecule has 0 aliphatic carbocycles. The van der Waals surface area contributed by atoms with Crippen molar-refractivity contribution in [2.75, 3.05) is 6.61 Å². The van der Waals surface area contributed by atoms with Gasteiger partial charge in [-0.2, -0.15) is 0 Å². The second kappa shape index (κ2) is 6.69. The molecule has 0 radical (unpaired) electrons. The van der Waals surface area contributed by atoms with Crippen molar-refractivity contribution in [1.29, 1.82) is 0 Å². The zero-order chi connectivity index (χ0) is 17.2. The van der Waals surface area contributed by atoms with E-state index < -0.39 is 10.0 Å². The van der Waals surface area contributed by atoms with E-state index in [-0.39, 0.29) is 6.04 Å². The number of allylic oxidation sites excluding steroid dienone is 1. The van der Waals surface area contributed by atoms with Crippen LogP contribution in [0.5, 0.6) is 0 Å². The fraction of sp³-hybridized carbons (Fsp3) is 0.263. The molecule has 1 aliphatic heterocycles. The lowest BCUT2D eigenvalue weighted by molar-refractivity contribution is 0.151. The molecule has 2 aromatic rings. The van der Waals surface area contributed by atoms with Crippen LogP contribution in [-0.4, -0.2) is 25.4 Å². The van der Waals surface area contributed by atoms with Gasteiger partial charge in [-0.3, -0.25) is 4.31 Å². The number of sulfonamides is 1. The lowest BCUT2D eigenvalue weighted by Gasteiger charge is -2.35. The molecular weight excluding hydrogens is 322 g/mol. The normalized spacial score (nSPS) is 18.0. The predicted octanol–water partition coefficient (Wildman–Crippen LogP) is 3.49. The Hall–Kier alpha value is -2.27. The van der Waals surface area contributed by atoms with Crippen molar-refractivity contribution in [2.24, 2.45) is 0 Å². The van der Waals surface area contributed by atoms with Gasteiger partial charge in [0.05, 0.1) is 16.6 Å². The van der Waals surface area contributed by atoms with Crippen molar-refractivity contribution in [3.8, 4) is 0 Å². The van der Waals surface area contributed by atoms with Crippen LogP contribution in [0.25, 0.3) is 0 Å². The highest BCUT2D eigenvalue weighted by Gasteiger charge is 2.33. The number of hydrogen-bond acceptors (Lipinski definition) is 3. The van der Waals surface area contributed by atoms with Crippen molar-refractivity contribution < 1.29 is 13.2 Å². The number of rotatable bonds is 4. The molecule has 0 fully saturated rings. The topological polar surface area (TPSA) is 46.6 Å². The van der Waals surface area contributed by atoms with E-state index in [0.29, 0.717) is 23.6 Å². The lowest BCUT2D eigenvalue weighted by Crippen LogP contribution is -2.43. The van der Waals surface area contributed by atoms with Crippen molar-refractivity contribution in [3.63, 3.8) is 0 Å². The van der Waals surface area contributed by atoms with Crippen LogP contribution in [0.4, 0.5) is 0 Å². The predicted molar refractivity (Wildman–Crippen MR) is 93.8 cm³/mol. The van der Waals surface area contributed by atoms with E-state index in [1.807, 2.05) is 56.3 Å². The van der Waals surface area contributed by atoms with Crippen molar-refractivity contribution >= 4 is 10.0 Å². The molecule has 3 rings (SSSR count). The van der Waals surface area contributed by atoms with Crippen LogP contribution in [0, 0.1) is 6.92 Å². The highest BCUT2D eigenvalue weighted by atomic mass is 32.2. The summed E-state index contributed by atoms with van der Waals surface area (Å²) >= 11 is 0. The van der Waals surface area contributed by atoms with Gasteiger partial charge in [-0.15, -0.1) is 0 Å². The van der Waals surface area contributed by atoms with Crippen LogP contribution in [0.15, 0.2) is 71.5 Å². The molecule has 5 heteroatoms. The standard InChI is InChI=1S/C19H21NO3S/c1-15-8-10-19(11-9-15)24(21,22)20-16(2)13-23-14-18(20)12-17-6-4-3-5-7-17/h3-11,14,16H,12-13H2,1-2H3/t16-/m0/s1. The molecule has 0 bridgehead atoms. The molecule has 0 saturated carbocycles. The molecule has 1 aliphatic rings. The summed E-state index contributed by atoms with van der Waals surface area (Å²) in [5, 5.41) is 0. The molecule has 24 heavy (non-hydrogen) atoms. The van der Waals surface area contributed by atoms with Gasteiger partial charge in [0.15, 0.2) is 0 Å². The van der Waals surface area contributed by atoms with E-state index >= 15 is 0 Å². The van der Waals surface area contributed by atoms with Crippen LogP contribution >= 0.6 is 0 Å². The summed E-state index contributed by atoms with van der Waals surface area (Å²) in [5.74, 6) is 0. The first kappa shape index (κ1) is 16.6. The molecule has 0 N–H and O–H groups in total. The SMILES string of the molecule is Cc1ccc(S(=O)(=O)N2C(Cc3ccccc3)=COC[C@@H]2C)cc1. The van der Waals surface area contributed by atoms with Crippen LogP contribution in [0.2, 0.25) is 0 Å². The first-order valence-corrected chi connectivity index (χ1v) is 9.38. The average molecular weight is 343 g/mol. The maximum absolute atomic E-state index is 13.1. The monoisotopic (exact) mass is 343 g/mol. The van der Waals surface area contributed by atoms with Gasteiger partial charge in [-0.05, 0) is 31.5 Å². The van der Waals surface area contributed by atoms with E-state index in [2.05, 4.69) is 0 Å². The van der Waals surface area contributed by atoms with Gasteiger partial charge in [-0.25, -0.2) is 8.42 Å². The molecule has 0 amide bonds. The van der Waals surface area contributed by atoms with Crippen molar-refractivity contribution in [2.45, 2.75) is 31.2 Å². The summed E-state index contributed by atoms with van der Waals surface area (Å²) < 4.78 is 33.3. The van der Waals surface area contributed by atoms with E-state index in [9.17, 15) is 8.42 Å². The first-order valence-electron chi connectivity index (χ1n) is 7.94. The van der Waals surface area contributed by atoms with Crippen LogP contribution in [0.3, 0.4) is 0 Å². The second-order valence-electron chi connectivity index (χ2n) is 6.07. The minimum atomic E-state index is -3.61. The highest BCUT2D eigenvalue weighted by Crippen LogP contribution is 2.28. The van der Waals surface area contributed by atoms with Gasteiger partial charge < -0.3 is 4.74 Å². The maximum atomic E-state index is 13.1. The number of aryl methyl sites for hydroxylation is 1. The quantitative estimate of drug-likeness (QED) is 0.854. The molecule has 0 spiro atoms. The molecule has 0 unspecified atom stereocenters. The third-order valence-corrected chi connectivity index (χ3v) is 6.03. The Morgan fingerprint density at radius 3 is 2.42 bits per heavy atom. The van der Waals surface area contributed by atoms with Crippen LogP contribution < -0.4 is 0 Å². The minimum absolute atomic E-state index is 0.250. The van der Waals surface area contributed by atoms with Gasteiger partial charge in [-0.1, -0.05) is 48.0 Å². The smallest absolute Gasteiger partial charge is 0.264 e. The van der Waals surface area contributed by atoms with E-state index in [1.54, 1.807) is 18.4 Å². The molecule has 4 nitrogen and oxygen atoms in total. The van der Waals surface area contributed by atoms with Crippen molar-refractivity contribution in [3.05, 3.63) is 77.7 Å². The Kier molecular flexibility index (Phi) is 4.62. The largest absolute Gasteiger partial charge is 0.497 e. The third-order valence-electron chi connectivity index (χ3n) is 4.05.